The topological polar surface area (TPSA) is 17.8 Å². The van der Waals surface area contributed by atoms with Crippen molar-refractivity contribution < 1.29 is 0 Å². The van der Waals surface area contributed by atoms with Gasteiger partial charge in [0.05, 0.1) is 22.8 Å². The SMILES string of the molecule is Cc1cccc(Cn2ccc3c(Cl)cc(Cl)cc32)n1. The summed E-state index contributed by atoms with van der Waals surface area (Å²) in [6.07, 6.45) is 2.01. The van der Waals surface area contributed by atoms with E-state index in [1.807, 2.05) is 43.5 Å². The average molecular weight is 291 g/mol. The minimum atomic E-state index is 0.648. The molecule has 0 amide bonds. The molecular formula is C15H12Cl2N2. The van der Waals surface area contributed by atoms with Crippen molar-refractivity contribution in [2.75, 3.05) is 0 Å². The molecule has 2 heterocycles. The van der Waals surface area contributed by atoms with Crippen molar-refractivity contribution in [3.63, 3.8) is 0 Å². The van der Waals surface area contributed by atoms with Gasteiger partial charge in [0.2, 0.25) is 0 Å². The molecule has 3 aromatic rings. The van der Waals surface area contributed by atoms with Gasteiger partial charge in [0.1, 0.15) is 0 Å². The summed E-state index contributed by atoms with van der Waals surface area (Å²) in [6.45, 7) is 2.70. The lowest BCUT2D eigenvalue weighted by Crippen LogP contribution is -2.00. The van der Waals surface area contributed by atoms with Crippen molar-refractivity contribution in [2.45, 2.75) is 13.5 Å². The quantitative estimate of drug-likeness (QED) is 0.669. The lowest BCUT2D eigenvalue weighted by molar-refractivity contribution is 0.802. The minimum absolute atomic E-state index is 0.648. The van der Waals surface area contributed by atoms with E-state index >= 15 is 0 Å². The molecule has 3 rings (SSSR count). The second-order valence-electron chi connectivity index (χ2n) is 4.53. The van der Waals surface area contributed by atoms with Gasteiger partial charge in [-0.3, -0.25) is 4.98 Å². The fourth-order valence-corrected chi connectivity index (χ4v) is 2.76. The van der Waals surface area contributed by atoms with E-state index in [1.54, 1.807) is 6.07 Å². The van der Waals surface area contributed by atoms with Gasteiger partial charge in [0.15, 0.2) is 0 Å². The third-order valence-corrected chi connectivity index (χ3v) is 3.61. The Morgan fingerprint density at radius 3 is 2.79 bits per heavy atom. The fourth-order valence-electron chi connectivity index (χ4n) is 2.22. The van der Waals surface area contributed by atoms with Crippen molar-refractivity contribution in [3.8, 4) is 0 Å². The van der Waals surface area contributed by atoms with Crippen molar-refractivity contribution in [1.29, 1.82) is 0 Å². The summed E-state index contributed by atoms with van der Waals surface area (Å²) < 4.78 is 2.11. The molecule has 0 fully saturated rings. The van der Waals surface area contributed by atoms with Gasteiger partial charge in [-0.05, 0) is 37.3 Å². The first-order valence-electron chi connectivity index (χ1n) is 6.00. The fraction of sp³-hybridized carbons (Fsp3) is 0.133. The lowest BCUT2D eigenvalue weighted by atomic mass is 10.2. The maximum atomic E-state index is 6.19. The van der Waals surface area contributed by atoms with Gasteiger partial charge < -0.3 is 4.57 Å². The van der Waals surface area contributed by atoms with Crippen LogP contribution in [0, 0.1) is 6.92 Å². The Balaban J connectivity index is 2.06. The zero-order valence-corrected chi connectivity index (χ0v) is 11.9. The predicted molar refractivity (Wildman–Crippen MR) is 80.0 cm³/mol. The largest absolute Gasteiger partial charge is 0.341 e. The van der Waals surface area contributed by atoms with E-state index in [0.717, 1.165) is 22.3 Å². The zero-order chi connectivity index (χ0) is 13.4. The molecule has 4 heteroatoms. The highest BCUT2D eigenvalue weighted by Crippen LogP contribution is 2.29. The van der Waals surface area contributed by atoms with Gasteiger partial charge in [0.25, 0.3) is 0 Å². The standard InChI is InChI=1S/C15H12Cl2N2/c1-10-3-2-4-12(18-10)9-19-6-5-13-14(17)7-11(16)8-15(13)19/h2-8H,9H2,1H3. The zero-order valence-electron chi connectivity index (χ0n) is 10.4. The van der Waals surface area contributed by atoms with Crippen LogP contribution in [-0.2, 0) is 6.54 Å². The summed E-state index contributed by atoms with van der Waals surface area (Å²) in [6, 6.07) is 11.7. The minimum Gasteiger partial charge on any atom is -0.341 e. The van der Waals surface area contributed by atoms with Crippen LogP contribution in [-0.4, -0.2) is 9.55 Å². The molecular weight excluding hydrogens is 279 g/mol. The van der Waals surface area contributed by atoms with Crippen LogP contribution in [0.4, 0.5) is 0 Å². The van der Waals surface area contributed by atoms with Crippen LogP contribution in [0.15, 0.2) is 42.6 Å². The summed E-state index contributed by atoms with van der Waals surface area (Å²) in [5.74, 6) is 0. The molecule has 0 radical (unpaired) electrons. The van der Waals surface area contributed by atoms with Crippen molar-refractivity contribution in [2.24, 2.45) is 0 Å². The number of halogens is 2. The Hall–Kier alpha value is -1.51. The molecule has 0 spiro atoms. The van der Waals surface area contributed by atoms with Crippen LogP contribution >= 0.6 is 23.2 Å². The average Bonchev–Trinajstić information content (AvgIpc) is 2.73. The molecule has 2 nitrogen and oxygen atoms in total. The second-order valence-corrected chi connectivity index (χ2v) is 5.38. The molecule has 1 aromatic carbocycles. The Bertz CT molecular complexity index is 747. The highest BCUT2D eigenvalue weighted by molar-refractivity contribution is 6.38. The molecule has 0 saturated carbocycles. The number of rotatable bonds is 2. The second kappa shape index (κ2) is 4.87. The molecule has 0 aliphatic rings. The summed E-state index contributed by atoms with van der Waals surface area (Å²) in [5.41, 5.74) is 3.07. The Labute approximate surface area is 121 Å². The molecule has 0 N–H and O–H groups in total. The number of hydrogen-bond donors (Lipinski definition) is 0. The van der Waals surface area contributed by atoms with Crippen LogP contribution in [0.25, 0.3) is 10.9 Å². The molecule has 19 heavy (non-hydrogen) atoms. The van der Waals surface area contributed by atoms with E-state index in [-0.39, 0.29) is 0 Å². The van der Waals surface area contributed by atoms with E-state index in [2.05, 4.69) is 9.55 Å². The van der Waals surface area contributed by atoms with Crippen LogP contribution < -0.4 is 0 Å². The Kier molecular flexibility index (Phi) is 3.21. The molecule has 0 aliphatic carbocycles. The molecule has 0 aliphatic heterocycles. The van der Waals surface area contributed by atoms with Crippen LogP contribution in [0.3, 0.4) is 0 Å². The van der Waals surface area contributed by atoms with E-state index in [9.17, 15) is 0 Å². The van der Waals surface area contributed by atoms with Gasteiger partial charge >= 0.3 is 0 Å². The highest BCUT2D eigenvalue weighted by atomic mass is 35.5. The third kappa shape index (κ3) is 2.46. The molecule has 0 bridgehead atoms. The van der Waals surface area contributed by atoms with Crippen molar-refractivity contribution >= 4 is 34.1 Å². The molecule has 0 saturated heterocycles. The van der Waals surface area contributed by atoms with Gasteiger partial charge in [-0.1, -0.05) is 29.3 Å². The number of nitrogens with zero attached hydrogens (tertiary/aromatic N) is 2. The van der Waals surface area contributed by atoms with E-state index in [1.165, 1.54) is 0 Å². The maximum absolute atomic E-state index is 6.19. The van der Waals surface area contributed by atoms with Gasteiger partial charge in [-0.2, -0.15) is 0 Å². The van der Waals surface area contributed by atoms with Crippen molar-refractivity contribution in [3.05, 3.63) is 64.0 Å². The first-order valence-corrected chi connectivity index (χ1v) is 6.75. The van der Waals surface area contributed by atoms with Gasteiger partial charge in [-0.25, -0.2) is 0 Å². The highest BCUT2D eigenvalue weighted by Gasteiger charge is 2.07. The monoisotopic (exact) mass is 290 g/mol. The number of hydrogen-bond acceptors (Lipinski definition) is 1. The first-order chi connectivity index (χ1) is 9.13. The summed E-state index contributed by atoms with van der Waals surface area (Å²) in [7, 11) is 0. The van der Waals surface area contributed by atoms with Gasteiger partial charge in [0, 0.05) is 22.3 Å². The van der Waals surface area contributed by atoms with Crippen LogP contribution in [0.2, 0.25) is 10.0 Å². The van der Waals surface area contributed by atoms with Crippen LogP contribution in [0.1, 0.15) is 11.4 Å². The number of pyridine rings is 1. The molecule has 96 valence electrons. The Morgan fingerprint density at radius 2 is 2.00 bits per heavy atom. The number of aromatic nitrogens is 2. The number of benzene rings is 1. The Morgan fingerprint density at radius 1 is 1.16 bits per heavy atom. The van der Waals surface area contributed by atoms with E-state index in [4.69, 9.17) is 23.2 Å². The number of aryl methyl sites for hydroxylation is 1. The summed E-state index contributed by atoms with van der Waals surface area (Å²) in [4.78, 5) is 4.51. The smallest absolute Gasteiger partial charge is 0.0648 e. The normalized spacial score (nSPS) is 11.1. The summed E-state index contributed by atoms with van der Waals surface area (Å²) >= 11 is 12.3. The molecule has 0 atom stereocenters. The molecule has 2 aromatic heterocycles. The summed E-state index contributed by atoms with van der Waals surface area (Å²) in [5, 5.41) is 2.34. The molecule has 0 unspecified atom stereocenters. The van der Waals surface area contributed by atoms with E-state index < -0.39 is 0 Å². The lowest BCUT2D eigenvalue weighted by Gasteiger charge is -2.06. The number of fused-ring (bicyclic) bond motifs is 1. The first kappa shape index (κ1) is 12.5. The third-order valence-electron chi connectivity index (χ3n) is 3.08. The van der Waals surface area contributed by atoms with Crippen molar-refractivity contribution in [1.82, 2.24) is 9.55 Å². The van der Waals surface area contributed by atoms with E-state index in [0.29, 0.717) is 16.6 Å². The maximum Gasteiger partial charge on any atom is 0.0648 e. The predicted octanol–water partition coefficient (Wildman–Crippen LogP) is 4.70. The van der Waals surface area contributed by atoms with Crippen LogP contribution in [0.5, 0.6) is 0 Å². The van der Waals surface area contributed by atoms with Gasteiger partial charge in [-0.15, -0.1) is 0 Å².